The number of hydrogen-bond acceptors (Lipinski definition) is 6. The third kappa shape index (κ3) is 4.82. The predicted molar refractivity (Wildman–Crippen MR) is 118 cm³/mol. The Bertz CT molecular complexity index is 880. The number of Topliss-reactive ketones (excluding diaryl/α,β-unsaturated/α-hetero) is 1. The lowest BCUT2D eigenvalue weighted by Gasteiger charge is -2.26. The second kappa shape index (κ2) is 9.28. The summed E-state index contributed by atoms with van der Waals surface area (Å²) in [5, 5.41) is 4.27. The first kappa shape index (κ1) is 20.4. The van der Waals surface area contributed by atoms with E-state index in [9.17, 15) is 4.79 Å². The molecule has 29 heavy (non-hydrogen) atoms. The predicted octanol–water partition coefficient (Wildman–Crippen LogP) is 5.17. The molecule has 0 N–H and O–H groups in total. The van der Waals surface area contributed by atoms with Gasteiger partial charge in [-0.15, -0.1) is 11.3 Å². The molecule has 1 aromatic heterocycles. The van der Waals surface area contributed by atoms with E-state index in [2.05, 4.69) is 34.3 Å². The van der Waals surface area contributed by atoms with Gasteiger partial charge in [-0.1, -0.05) is 28.9 Å². The zero-order valence-electron chi connectivity index (χ0n) is 16.5. The Labute approximate surface area is 180 Å². The maximum absolute atomic E-state index is 12.2. The number of anilines is 1. The summed E-state index contributed by atoms with van der Waals surface area (Å²) in [4.78, 5) is 21.0. The fourth-order valence-corrected chi connectivity index (χ4v) is 5.03. The molecule has 5 nitrogen and oxygen atoms in total. The van der Waals surface area contributed by atoms with Crippen LogP contribution in [0.15, 0.2) is 41.6 Å². The van der Waals surface area contributed by atoms with Crippen LogP contribution in [0.4, 0.5) is 5.69 Å². The second-order valence-corrected chi connectivity index (χ2v) is 9.24. The number of rotatable bonds is 8. The lowest BCUT2D eigenvalue weighted by atomic mass is 10.0. The van der Waals surface area contributed by atoms with Crippen molar-refractivity contribution in [2.75, 3.05) is 25.2 Å². The lowest BCUT2D eigenvalue weighted by Crippen LogP contribution is -2.32. The highest BCUT2D eigenvalue weighted by Crippen LogP contribution is 2.28. The second-order valence-electron chi connectivity index (χ2n) is 7.53. The summed E-state index contributed by atoms with van der Waals surface area (Å²) in [6.45, 7) is 1.84. The molecule has 2 aromatic rings. The summed E-state index contributed by atoms with van der Waals surface area (Å²) < 4.78 is 6.00. The number of methoxy groups -OCH3 is 1. The molecule has 2 aliphatic heterocycles. The number of ether oxygens (including phenoxy) is 1. The van der Waals surface area contributed by atoms with Crippen molar-refractivity contribution < 1.29 is 14.4 Å². The van der Waals surface area contributed by atoms with Crippen molar-refractivity contribution >= 4 is 40.1 Å². The van der Waals surface area contributed by atoms with Crippen molar-refractivity contribution in [1.29, 1.82) is 0 Å². The Morgan fingerprint density at radius 1 is 1.31 bits per heavy atom. The average molecular weight is 433 g/mol. The monoisotopic (exact) mass is 432 g/mol. The van der Waals surface area contributed by atoms with Gasteiger partial charge in [-0.25, -0.2) is 0 Å². The van der Waals surface area contributed by atoms with Gasteiger partial charge >= 0.3 is 0 Å². The molecule has 1 aromatic carbocycles. The van der Waals surface area contributed by atoms with Gasteiger partial charge in [0, 0.05) is 32.2 Å². The van der Waals surface area contributed by atoms with Gasteiger partial charge < -0.3 is 14.5 Å². The fraction of sp³-hybridized carbons (Fsp3) is 0.455. The van der Waals surface area contributed by atoms with Crippen LogP contribution in [0.25, 0.3) is 0 Å². The van der Waals surface area contributed by atoms with E-state index in [-0.39, 0.29) is 11.9 Å². The van der Waals surface area contributed by atoms with Gasteiger partial charge in [-0.05, 0) is 49.1 Å². The average Bonchev–Trinajstić information content (AvgIpc) is 3.47. The van der Waals surface area contributed by atoms with Gasteiger partial charge in [-0.2, -0.15) is 0 Å². The van der Waals surface area contributed by atoms with E-state index in [1.807, 2.05) is 0 Å². The summed E-state index contributed by atoms with van der Waals surface area (Å²) >= 11 is 7.23. The molecule has 0 bridgehead atoms. The first-order valence-electron chi connectivity index (χ1n) is 10.0. The van der Waals surface area contributed by atoms with Crippen LogP contribution in [0, 0.1) is 0 Å². The maximum atomic E-state index is 12.2. The highest BCUT2D eigenvalue weighted by molar-refractivity contribution is 7.18. The molecule has 1 fully saturated rings. The van der Waals surface area contributed by atoms with Crippen LogP contribution >= 0.6 is 22.9 Å². The van der Waals surface area contributed by atoms with Crippen molar-refractivity contribution in [3.8, 4) is 0 Å². The molecule has 0 aliphatic carbocycles. The van der Waals surface area contributed by atoms with Gasteiger partial charge in [0.05, 0.1) is 27.6 Å². The summed E-state index contributed by atoms with van der Waals surface area (Å²) in [5.74, 6) is 0.111. The Balaban J connectivity index is 1.30. The fourth-order valence-electron chi connectivity index (χ4n) is 4.02. The minimum Gasteiger partial charge on any atom is -0.392 e. The van der Waals surface area contributed by atoms with E-state index in [0.717, 1.165) is 30.8 Å². The van der Waals surface area contributed by atoms with Gasteiger partial charge in [0.25, 0.3) is 0 Å². The molecule has 4 rings (SSSR count). The minimum absolute atomic E-state index is 0.0475. The standard InChI is InChI=1S/C22H25ClN2O3S/c1-27-14-17-3-2-12-25(17)16-6-4-15(5-7-16)19-13-18(28-24-19)8-9-20(26)21-10-11-22(23)29-21/h4-7,10-11,17-18H,2-3,8-9,12-14H2,1H3/t17-,18?/m1/s1. The van der Waals surface area contributed by atoms with Crippen LogP contribution < -0.4 is 4.90 Å². The van der Waals surface area contributed by atoms with Gasteiger partial charge in [0.15, 0.2) is 5.78 Å². The number of hydrogen-bond donors (Lipinski definition) is 0. The third-order valence-electron chi connectivity index (χ3n) is 5.54. The van der Waals surface area contributed by atoms with Crippen molar-refractivity contribution in [2.45, 2.75) is 44.2 Å². The Morgan fingerprint density at radius 3 is 2.86 bits per heavy atom. The van der Waals surface area contributed by atoms with Crippen LogP contribution in [0.3, 0.4) is 0 Å². The number of ketones is 1. The Morgan fingerprint density at radius 2 is 2.14 bits per heavy atom. The molecule has 1 saturated heterocycles. The van der Waals surface area contributed by atoms with Crippen LogP contribution in [0.2, 0.25) is 4.34 Å². The largest absolute Gasteiger partial charge is 0.392 e. The highest BCUT2D eigenvalue weighted by atomic mass is 35.5. The zero-order valence-corrected chi connectivity index (χ0v) is 18.0. The molecule has 2 aliphatic rings. The first-order chi connectivity index (χ1) is 14.1. The number of oxime groups is 1. The zero-order chi connectivity index (χ0) is 20.2. The molecule has 0 saturated carbocycles. The minimum atomic E-state index is -0.0475. The van der Waals surface area contributed by atoms with Crippen molar-refractivity contribution in [2.24, 2.45) is 5.16 Å². The number of nitrogens with zero attached hydrogens (tertiary/aromatic N) is 2. The van der Waals surface area contributed by atoms with Crippen LogP contribution in [0.1, 0.15) is 47.3 Å². The number of benzene rings is 1. The smallest absolute Gasteiger partial charge is 0.172 e. The van der Waals surface area contributed by atoms with Gasteiger partial charge in [-0.3, -0.25) is 4.79 Å². The molecular weight excluding hydrogens is 408 g/mol. The molecule has 7 heteroatoms. The van der Waals surface area contributed by atoms with Crippen molar-refractivity contribution in [3.05, 3.63) is 51.2 Å². The SMILES string of the molecule is COC[C@H]1CCCN1c1ccc(C2=NOC(CCC(=O)c3ccc(Cl)s3)C2)cc1. The van der Waals surface area contributed by atoms with Crippen LogP contribution in [-0.4, -0.2) is 43.9 Å². The van der Waals surface area contributed by atoms with Gasteiger partial charge in [0.1, 0.15) is 6.10 Å². The topological polar surface area (TPSA) is 51.1 Å². The molecule has 0 radical (unpaired) electrons. The number of carbonyl (C=O) groups is 1. The summed E-state index contributed by atoms with van der Waals surface area (Å²) in [5.41, 5.74) is 3.25. The van der Waals surface area contributed by atoms with Crippen molar-refractivity contribution in [3.63, 3.8) is 0 Å². The van der Waals surface area contributed by atoms with Crippen LogP contribution in [0.5, 0.6) is 0 Å². The lowest BCUT2D eigenvalue weighted by molar-refractivity contribution is 0.0720. The maximum Gasteiger partial charge on any atom is 0.172 e. The molecular formula is C22H25ClN2O3S. The summed E-state index contributed by atoms with van der Waals surface area (Å²) in [7, 11) is 1.76. The molecule has 0 amide bonds. The van der Waals surface area contributed by atoms with Gasteiger partial charge in [0.2, 0.25) is 0 Å². The number of thiophene rings is 1. The molecule has 2 atom stereocenters. The van der Waals surface area contributed by atoms with E-state index in [4.69, 9.17) is 21.2 Å². The first-order valence-corrected chi connectivity index (χ1v) is 11.2. The molecule has 154 valence electrons. The summed E-state index contributed by atoms with van der Waals surface area (Å²) in [6.07, 6.45) is 4.16. The van der Waals surface area contributed by atoms with E-state index in [0.29, 0.717) is 28.1 Å². The molecule has 1 unspecified atom stereocenters. The van der Waals surface area contributed by atoms with E-state index in [1.54, 1.807) is 19.2 Å². The van der Waals surface area contributed by atoms with Crippen LogP contribution in [-0.2, 0) is 9.57 Å². The highest BCUT2D eigenvalue weighted by Gasteiger charge is 2.26. The van der Waals surface area contributed by atoms with E-state index < -0.39 is 0 Å². The number of carbonyl (C=O) groups excluding carboxylic acids is 1. The molecule has 0 spiro atoms. The Hall–Kier alpha value is -1.89. The normalized spacial score (nSPS) is 21.3. The number of halogens is 1. The van der Waals surface area contributed by atoms with Crippen molar-refractivity contribution in [1.82, 2.24) is 0 Å². The molecule has 3 heterocycles. The Kier molecular flexibility index (Phi) is 6.53. The third-order valence-corrected chi connectivity index (χ3v) is 6.81. The van der Waals surface area contributed by atoms with E-state index in [1.165, 1.54) is 29.9 Å². The van der Waals surface area contributed by atoms with E-state index >= 15 is 0 Å². The quantitative estimate of drug-likeness (QED) is 0.540. The summed E-state index contributed by atoms with van der Waals surface area (Å²) in [6, 6.07) is 12.5.